The third-order valence-corrected chi connectivity index (χ3v) is 4.91. The molecule has 0 aliphatic heterocycles. The lowest BCUT2D eigenvalue weighted by molar-refractivity contribution is 0.354. The van der Waals surface area contributed by atoms with E-state index in [1.165, 1.54) is 16.0 Å². The zero-order chi connectivity index (χ0) is 14.5. The van der Waals surface area contributed by atoms with E-state index in [1.54, 1.807) is 25.6 Å². The first-order valence-electron chi connectivity index (χ1n) is 6.40. The van der Waals surface area contributed by atoms with Gasteiger partial charge in [0.25, 0.3) is 0 Å². The molecule has 0 spiro atoms. The van der Waals surface area contributed by atoms with Crippen LogP contribution in [0.2, 0.25) is 0 Å². The minimum Gasteiger partial charge on any atom is -0.493 e. The molecule has 0 saturated carbocycles. The summed E-state index contributed by atoms with van der Waals surface area (Å²) in [5.41, 5.74) is 2.37. The second kappa shape index (κ2) is 7.11. The molecule has 0 unspecified atom stereocenters. The van der Waals surface area contributed by atoms with Gasteiger partial charge in [0.05, 0.1) is 14.2 Å². The Balaban J connectivity index is 2.54. The van der Waals surface area contributed by atoms with E-state index in [-0.39, 0.29) is 0 Å². The van der Waals surface area contributed by atoms with E-state index in [1.807, 2.05) is 12.1 Å². The molecule has 1 heterocycles. The van der Waals surface area contributed by atoms with Crippen LogP contribution in [0.4, 0.5) is 0 Å². The summed E-state index contributed by atoms with van der Waals surface area (Å²) >= 11 is 5.32. The van der Waals surface area contributed by atoms with Crippen LogP contribution in [0.25, 0.3) is 10.4 Å². The summed E-state index contributed by atoms with van der Waals surface area (Å²) in [6, 6.07) is 6.15. The van der Waals surface area contributed by atoms with Gasteiger partial charge in [-0.2, -0.15) is 0 Å². The van der Waals surface area contributed by atoms with E-state index >= 15 is 0 Å². The molecule has 5 heteroatoms. The molecule has 0 aliphatic rings. The summed E-state index contributed by atoms with van der Waals surface area (Å²) in [6.07, 6.45) is 0. The minimum atomic E-state index is 0.753. The third kappa shape index (κ3) is 3.16. The van der Waals surface area contributed by atoms with Crippen molar-refractivity contribution in [2.45, 2.75) is 13.5 Å². The van der Waals surface area contributed by atoms with Crippen molar-refractivity contribution in [1.29, 1.82) is 0 Å². The fourth-order valence-electron chi connectivity index (χ4n) is 2.02. The topological polar surface area (TPSA) is 30.5 Å². The number of nitrogens with one attached hydrogen (secondary N) is 1. The molecule has 0 fully saturated rings. The number of ether oxygens (including phenoxy) is 2. The highest BCUT2D eigenvalue weighted by Crippen LogP contribution is 2.41. The molecule has 20 heavy (non-hydrogen) atoms. The molecule has 2 aromatic rings. The van der Waals surface area contributed by atoms with Crippen LogP contribution in [0.1, 0.15) is 12.5 Å². The van der Waals surface area contributed by atoms with Gasteiger partial charge in [-0.05, 0) is 51.6 Å². The van der Waals surface area contributed by atoms with E-state index in [0.717, 1.165) is 29.1 Å². The third-order valence-electron chi connectivity index (χ3n) is 3.04. The van der Waals surface area contributed by atoms with Crippen molar-refractivity contribution in [1.82, 2.24) is 5.32 Å². The first kappa shape index (κ1) is 15.4. The van der Waals surface area contributed by atoms with Crippen molar-refractivity contribution < 1.29 is 9.47 Å². The Bertz CT molecular complexity index is 583. The Morgan fingerprint density at radius 1 is 1.20 bits per heavy atom. The lowest BCUT2D eigenvalue weighted by Crippen LogP contribution is -2.12. The first-order valence-corrected chi connectivity index (χ1v) is 8.07. The van der Waals surface area contributed by atoms with E-state index in [2.05, 4.69) is 39.6 Å². The average molecular weight is 356 g/mol. The van der Waals surface area contributed by atoms with Crippen LogP contribution in [0.3, 0.4) is 0 Å². The van der Waals surface area contributed by atoms with Gasteiger partial charge in [0, 0.05) is 21.5 Å². The highest BCUT2D eigenvalue weighted by atomic mass is 79.9. The van der Waals surface area contributed by atoms with Gasteiger partial charge >= 0.3 is 0 Å². The van der Waals surface area contributed by atoms with Crippen LogP contribution in [0, 0.1) is 0 Å². The quantitative estimate of drug-likeness (QED) is 0.837. The Hall–Kier alpha value is -1.04. The summed E-state index contributed by atoms with van der Waals surface area (Å²) in [5.74, 6) is 1.51. The van der Waals surface area contributed by atoms with Crippen molar-refractivity contribution >= 4 is 27.3 Å². The van der Waals surface area contributed by atoms with E-state index < -0.39 is 0 Å². The molecule has 2 rings (SSSR count). The van der Waals surface area contributed by atoms with Gasteiger partial charge in [-0.1, -0.05) is 6.92 Å². The minimum absolute atomic E-state index is 0.753. The Morgan fingerprint density at radius 2 is 1.90 bits per heavy atom. The van der Waals surface area contributed by atoms with Crippen LogP contribution in [0.15, 0.2) is 28.1 Å². The monoisotopic (exact) mass is 355 g/mol. The van der Waals surface area contributed by atoms with E-state index in [9.17, 15) is 0 Å². The molecular weight excluding hydrogens is 338 g/mol. The largest absolute Gasteiger partial charge is 0.493 e. The number of methoxy groups -OCH3 is 2. The Labute approximate surface area is 132 Å². The molecule has 0 saturated heterocycles. The van der Waals surface area contributed by atoms with Gasteiger partial charge in [-0.15, -0.1) is 11.3 Å². The lowest BCUT2D eigenvalue weighted by atomic mass is 10.0. The van der Waals surface area contributed by atoms with E-state index in [0.29, 0.717) is 0 Å². The maximum absolute atomic E-state index is 5.42. The second-order valence-corrected chi connectivity index (χ2v) is 6.01. The molecule has 0 atom stereocenters. The number of hydrogen-bond acceptors (Lipinski definition) is 4. The standard InChI is InChI=1S/C15H18BrNO2S/c1-4-17-9-10-7-13(18-2)14(19-3)8-11(10)15-12(16)5-6-20-15/h5-8,17H,4,9H2,1-3H3. The smallest absolute Gasteiger partial charge is 0.161 e. The van der Waals surface area contributed by atoms with Gasteiger partial charge in [0.2, 0.25) is 0 Å². The molecule has 3 nitrogen and oxygen atoms in total. The fourth-order valence-corrected chi connectivity index (χ4v) is 3.66. The van der Waals surface area contributed by atoms with Crippen LogP contribution in [-0.4, -0.2) is 20.8 Å². The number of hydrogen-bond donors (Lipinski definition) is 1. The van der Waals surface area contributed by atoms with Crippen LogP contribution in [-0.2, 0) is 6.54 Å². The molecule has 0 radical (unpaired) electrons. The molecule has 0 amide bonds. The highest BCUT2D eigenvalue weighted by Gasteiger charge is 2.15. The zero-order valence-corrected chi connectivity index (χ0v) is 14.2. The Morgan fingerprint density at radius 3 is 2.45 bits per heavy atom. The average Bonchev–Trinajstić information content (AvgIpc) is 2.90. The van der Waals surface area contributed by atoms with Crippen molar-refractivity contribution in [2.24, 2.45) is 0 Å². The lowest BCUT2D eigenvalue weighted by Gasteiger charge is -2.15. The summed E-state index contributed by atoms with van der Waals surface area (Å²) < 4.78 is 11.9. The van der Waals surface area contributed by atoms with Crippen molar-refractivity contribution in [3.8, 4) is 21.9 Å². The molecule has 108 valence electrons. The number of rotatable bonds is 6. The number of thiophene rings is 1. The van der Waals surface area contributed by atoms with E-state index in [4.69, 9.17) is 9.47 Å². The predicted molar refractivity (Wildman–Crippen MR) is 87.9 cm³/mol. The molecule has 1 aromatic carbocycles. The number of halogens is 1. The SMILES string of the molecule is CCNCc1cc(OC)c(OC)cc1-c1sccc1Br. The fraction of sp³-hybridized carbons (Fsp3) is 0.333. The molecule has 0 aliphatic carbocycles. The van der Waals surface area contributed by atoms with Gasteiger partial charge in [0.15, 0.2) is 11.5 Å². The molecule has 1 aromatic heterocycles. The first-order chi connectivity index (χ1) is 9.71. The van der Waals surface area contributed by atoms with Gasteiger partial charge in [-0.25, -0.2) is 0 Å². The summed E-state index contributed by atoms with van der Waals surface area (Å²) in [7, 11) is 3.32. The van der Waals surface area contributed by atoms with Crippen molar-refractivity contribution in [3.05, 3.63) is 33.6 Å². The molecule has 1 N–H and O–H groups in total. The predicted octanol–water partition coefficient (Wildman–Crippen LogP) is 4.30. The molecule has 0 bridgehead atoms. The number of benzene rings is 1. The summed E-state index contributed by atoms with van der Waals surface area (Å²) in [6.45, 7) is 3.83. The normalized spacial score (nSPS) is 10.6. The maximum atomic E-state index is 5.42. The van der Waals surface area contributed by atoms with Crippen molar-refractivity contribution in [3.63, 3.8) is 0 Å². The molecular formula is C15H18BrNO2S. The summed E-state index contributed by atoms with van der Waals surface area (Å²) in [5, 5.41) is 5.44. The summed E-state index contributed by atoms with van der Waals surface area (Å²) in [4.78, 5) is 1.21. The zero-order valence-electron chi connectivity index (χ0n) is 11.8. The Kier molecular flexibility index (Phi) is 5.46. The van der Waals surface area contributed by atoms with Crippen LogP contribution in [0.5, 0.6) is 11.5 Å². The van der Waals surface area contributed by atoms with Gasteiger partial charge < -0.3 is 14.8 Å². The van der Waals surface area contributed by atoms with Gasteiger partial charge in [0.1, 0.15) is 0 Å². The second-order valence-electron chi connectivity index (χ2n) is 4.24. The van der Waals surface area contributed by atoms with Crippen LogP contribution < -0.4 is 14.8 Å². The van der Waals surface area contributed by atoms with Gasteiger partial charge in [-0.3, -0.25) is 0 Å². The van der Waals surface area contributed by atoms with Crippen molar-refractivity contribution in [2.75, 3.05) is 20.8 Å². The van der Waals surface area contributed by atoms with Crippen LogP contribution >= 0.6 is 27.3 Å². The highest BCUT2D eigenvalue weighted by molar-refractivity contribution is 9.10. The maximum Gasteiger partial charge on any atom is 0.161 e.